The summed E-state index contributed by atoms with van der Waals surface area (Å²) in [6, 6.07) is 0. The van der Waals surface area contributed by atoms with Crippen molar-refractivity contribution in [3.05, 3.63) is 0 Å². The van der Waals surface area contributed by atoms with E-state index in [-0.39, 0.29) is 36.4 Å². The molecule has 1 saturated heterocycles. The van der Waals surface area contributed by atoms with E-state index in [9.17, 15) is 9.59 Å². The first-order valence-electron chi connectivity index (χ1n) is 4.58. The molecule has 1 heterocycles. The Morgan fingerprint density at radius 3 is 1.86 bits per heavy atom. The Bertz CT molecular complexity index is 248. The molecule has 2 rings (SSSR count). The fourth-order valence-electron chi connectivity index (χ4n) is 1.89. The molecule has 1 aliphatic carbocycles. The van der Waals surface area contributed by atoms with Crippen LogP contribution in [0, 0.1) is 0 Å². The lowest BCUT2D eigenvalue weighted by molar-refractivity contribution is -0.153. The van der Waals surface area contributed by atoms with Gasteiger partial charge in [-0.2, -0.15) is 0 Å². The highest BCUT2D eigenvalue weighted by Gasteiger charge is 2.59. The standard InChI is InChI=1S/C9H12O5/c1-4(10)12-6-3-7(13-5(2)11)9-8(6)14-9/h6-9H,3H2,1-2H3. The Morgan fingerprint density at radius 1 is 1.07 bits per heavy atom. The second-order valence-corrected chi connectivity index (χ2v) is 3.60. The number of ether oxygens (including phenoxy) is 3. The van der Waals surface area contributed by atoms with E-state index in [1.165, 1.54) is 13.8 Å². The summed E-state index contributed by atoms with van der Waals surface area (Å²) < 4.78 is 15.3. The van der Waals surface area contributed by atoms with Gasteiger partial charge >= 0.3 is 11.9 Å². The molecular formula is C9H12O5. The van der Waals surface area contributed by atoms with Crippen LogP contribution >= 0.6 is 0 Å². The highest BCUT2D eigenvalue weighted by Crippen LogP contribution is 2.42. The summed E-state index contributed by atoms with van der Waals surface area (Å²) in [7, 11) is 0. The molecule has 2 fully saturated rings. The predicted molar refractivity (Wildman–Crippen MR) is 44.4 cm³/mol. The van der Waals surface area contributed by atoms with Crippen molar-refractivity contribution in [3.8, 4) is 0 Å². The predicted octanol–water partition coefficient (Wildman–Crippen LogP) is 0.0209. The van der Waals surface area contributed by atoms with Gasteiger partial charge in [0.2, 0.25) is 0 Å². The quantitative estimate of drug-likeness (QED) is 0.464. The average Bonchev–Trinajstić information content (AvgIpc) is 2.72. The third-order valence-electron chi connectivity index (χ3n) is 2.39. The van der Waals surface area contributed by atoms with Crippen LogP contribution in [0.4, 0.5) is 0 Å². The Morgan fingerprint density at radius 2 is 1.50 bits per heavy atom. The van der Waals surface area contributed by atoms with Crippen molar-refractivity contribution in [2.45, 2.75) is 44.7 Å². The van der Waals surface area contributed by atoms with E-state index < -0.39 is 0 Å². The van der Waals surface area contributed by atoms with Crippen molar-refractivity contribution < 1.29 is 23.8 Å². The van der Waals surface area contributed by atoms with Crippen molar-refractivity contribution in [3.63, 3.8) is 0 Å². The summed E-state index contributed by atoms with van der Waals surface area (Å²) in [5.41, 5.74) is 0. The van der Waals surface area contributed by atoms with Crippen LogP contribution < -0.4 is 0 Å². The lowest BCUT2D eigenvalue weighted by Crippen LogP contribution is -2.23. The molecule has 1 saturated carbocycles. The first kappa shape index (κ1) is 9.45. The molecule has 0 radical (unpaired) electrons. The van der Waals surface area contributed by atoms with Gasteiger partial charge in [-0.1, -0.05) is 0 Å². The molecule has 5 nitrogen and oxygen atoms in total. The summed E-state index contributed by atoms with van der Waals surface area (Å²) in [5, 5.41) is 0. The van der Waals surface area contributed by atoms with Gasteiger partial charge < -0.3 is 14.2 Å². The zero-order chi connectivity index (χ0) is 10.3. The van der Waals surface area contributed by atoms with E-state index in [2.05, 4.69) is 0 Å². The maximum Gasteiger partial charge on any atom is 0.302 e. The van der Waals surface area contributed by atoms with Gasteiger partial charge in [0.25, 0.3) is 0 Å². The van der Waals surface area contributed by atoms with Gasteiger partial charge in [0, 0.05) is 20.3 Å². The van der Waals surface area contributed by atoms with Crippen LogP contribution in [-0.2, 0) is 23.8 Å². The summed E-state index contributed by atoms with van der Waals surface area (Å²) in [6.07, 6.45) is -0.0794. The normalized spacial score (nSPS) is 38.7. The molecule has 1 aliphatic heterocycles. The molecule has 0 N–H and O–H groups in total. The van der Waals surface area contributed by atoms with Gasteiger partial charge in [0.1, 0.15) is 24.4 Å². The molecule has 0 spiro atoms. The van der Waals surface area contributed by atoms with Gasteiger partial charge in [0.05, 0.1) is 0 Å². The number of esters is 2. The lowest BCUT2D eigenvalue weighted by Gasteiger charge is -2.15. The SMILES string of the molecule is CC(=O)OC1CC(OC(C)=O)C2OC12. The molecule has 0 aromatic heterocycles. The molecule has 0 aromatic carbocycles. The minimum Gasteiger partial charge on any atom is -0.460 e. The number of carbonyl (C=O) groups excluding carboxylic acids is 2. The minimum absolute atomic E-state index is 0.0664. The number of hydrogen-bond donors (Lipinski definition) is 0. The summed E-state index contributed by atoms with van der Waals surface area (Å²) in [6.45, 7) is 2.72. The van der Waals surface area contributed by atoms with E-state index in [0.717, 1.165) is 0 Å². The van der Waals surface area contributed by atoms with Crippen LogP contribution in [0.2, 0.25) is 0 Å². The fraction of sp³-hybridized carbons (Fsp3) is 0.778. The van der Waals surface area contributed by atoms with Crippen LogP contribution in [0.1, 0.15) is 20.3 Å². The first-order valence-corrected chi connectivity index (χ1v) is 4.58. The van der Waals surface area contributed by atoms with Crippen molar-refractivity contribution in [2.75, 3.05) is 0 Å². The second-order valence-electron chi connectivity index (χ2n) is 3.60. The van der Waals surface area contributed by atoms with Gasteiger partial charge in [-0.25, -0.2) is 0 Å². The van der Waals surface area contributed by atoms with E-state index in [4.69, 9.17) is 14.2 Å². The third-order valence-corrected chi connectivity index (χ3v) is 2.39. The Balaban J connectivity index is 1.89. The van der Waals surface area contributed by atoms with Gasteiger partial charge in [-0.15, -0.1) is 0 Å². The largest absolute Gasteiger partial charge is 0.460 e. The van der Waals surface area contributed by atoms with Crippen molar-refractivity contribution >= 4 is 11.9 Å². The van der Waals surface area contributed by atoms with Crippen LogP contribution in [0.5, 0.6) is 0 Å². The minimum atomic E-state index is -0.326. The topological polar surface area (TPSA) is 65.1 Å². The highest BCUT2D eigenvalue weighted by molar-refractivity contribution is 5.67. The van der Waals surface area contributed by atoms with Crippen molar-refractivity contribution in [2.24, 2.45) is 0 Å². The van der Waals surface area contributed by atoms with Crippen LogP contribution in [0.3, 0.4) is 0 Å². The number of fused-ring (bicyclic) bond motifs is 1. The first-order chi connectivity index (χ1) is 6.58. The summed E-state index contributed by atoms with van der Waals surface area (Å²) in [4.78, 5) is 21.4. The molecular weight excluding hydrogens is 188 g/mol. The van der Waals surface area contributed by atoms with Crippen molar-refractivity contribution in [1.29, 1.82) is 0 Å². The number of hydrogen-bond acceptors (Lipinski definition) is 5. The maximum atomic E-state index is 10.7. The summed E-state index contributed by atoms with van der Waals surface area (Å²) >= 11 is 0. The molecule has 0 aromatic rings. The molecule has 78 valence electrons. The molecule has 4 atom stereocenters. The van der Waals surface area contributed by atoms with E-state index in [0.29, 0.717) is 6.42 Å². The number of rotatable bonds is 2. The van der Waals surface area contributed by atoms with E-state index in [1.54, 1.807) is 0 Å². The zero-order valence-electron chi connectivity index (χ0n) is 8.06. The van der Waals surface area contributed by atoms with Gasteiger partial charge in [-0.05, 0) is 0 Å². The number of epoxide rings is 1. The third kappa shape index (κ3) is 1.72. The molecule has 0 amide bonds. The molecule has 2 aliphatic rings. The smallest absolute Gasteiger partial charge is 0.302 e. The monoisotopic (exact) mass is 200 g/mol. The molecule has 5 heteroatoms. The Hall–Kier alpha value is -1.10. The molecule has 0 bridgehead atoms. The number of carbonyl (C=O) groups is 2. The Kier molecular flexibility index (Phi) is 2.19. The van der Waals surface area contributed by atoms with Gasteiger partial charge in [0.15, 0.2) is 0 Å². The maximum absolute atomic E-state index is 10.7. The Labute approximate surface area is 81.3 Å². The highest BCUT2D eigenvalue weighted by atomic mass is 16.7. The van der Waals surface area contributed by atoms with Crippen LogP contribution in [0.25, 0.3) is 0 Å². The van der Waals surface area contributed by atoms with Crippen LogP contribution in [0.15, 0.2) is 0 Å². The molecule has 4 unspecified atom stereocenters. The zero-order valence-corrected chi connectivity index (χ0v) is 8.06. The van der Waals surface area contributed by atoms with Crippen molar-refractivity contribution in [1.82, 2.24) is 0 Å². The second kappa shape index (κ2) is 3.24. The average molecular weight is 200 g/mol. The van der Waals surface area contributed by atoms with Gasteiger partial charge in [-0.3, -0.25) is 9.59 Å². The van der Waals surface area contributed by atoms with E-state index >= 15 is 0 Å². The van der Waals surface area contributed by atoms with Crippen LogP contribution in [-0.4, -0.2) is 36.4 Å². The molecule has 14 heavy (non-hydrogen) atoms. The fourth-order valence-corrected chi connectivity index (χ4v) is 1.89. The summed E-state index contributed by atoms with van der Waals surface area (Å²) in [5.74, 6) is -0.652. The van der Waals surface area contributed by atoms with E-state index in [1.807, 2.05) is 0 Å². The lowest BCUT2D eigenvalue weighted by atomic mass is 10.3.